The van der Waals surface area contributed by atoms with Crippen molar-refractivity contribution < 1.29 is 9.90 Å². The lowest BCUT2D eigenvalue weighted by Crippen LogP contribution is -2.31. The van der Waals surface area contributed by atoms with Gasteiger partial charge < -0.3 is 15.0 Å². The Morgan fingerprint density at radius 3 is 2.32 bits per heavy atom. The molecule has 0 aliphatic rings. The average Bonchev–Trinajstić information content (AvgIpc) is 3.43. The third kappa shape index (κ3) is 4.88. The molecule has 0 spiro atoms. The smallest absolute Gasteiger partial charge is 0.256 e. The highest BCUT2D eigenvalue weighted by molar-refractivity contribution is 6.05. The van der Waals surface area contributed by atoms with E-state index in [1.54, 1.807) is 37.1 Å². The van der Waals surface area contributed by atoms with Crippen LogP contribution in [0.4, 0.5) is 5.82 Å². The largest absolute Gasteiger partial charge is 0.374 e. The SMILES string of the molecule is Cc1ccc(C(O)(c2ccc3nc(NC(=O)c4ccncc4)cc(-c4cccc(C)c4)c3c2)c2cncn2C)cc1. The number of nitrogens with zero attached hydrogens (tertiary/aromatic N) is 4. The maximum Gasteiger partial charge on any atom is 0.256 e. The second kappa shape index (κ2) is 10.4. The first-order chi connectivity index (χ1) is 19.8. The van der Waals surface area contributed by atoms with Crippen LogP contribution in [0.1, 0.15) is 38.3 Å². The number of carbonyl (C=O) groups excluding carboxylic acids is 1. The number of hydrogen-bond acceptors (Lipinski definition) is 5. The Balaban J connectivity index is 1.55. The van der Waals surface area contributed by atoms with E-state index in [-0.39, 0.29) is 5.91 Å². The van der Waals surface area contributed by atoms with Gasteiger partial charge >= 0.3 is 0 Å². The van der Waals surface area contributed by atoms with Crippen molar-refractivity contribution in [3.05, 3.63) is 143 Å². The first-order valence-electron chi connectivity index (χ1n) is 13.3. The van der Waals surface area contributed by atoms with E-state index in [1.165, 1.54) is 0 Å². The molecule has 7 nitrogen and oxygen atoms in total. The monoisotopic (exact) mass is 539 g/mol. The zero-order valence-corrected chi connectivity index (χ0v) is 23.0. The van der Waals surface area contributed by atoms with Crippen molar-refractivity contribution in [2.75, 3.05) is 5.32 Å². The van der Waals surface area contributed by atoms with Crippen molar-refractivity contribution in [2.45, 2.75) is 19.4 Å². The summed E-state index contributed by atoms with van der Waals surface area (Å²) in [6.07, 6.45) is 6.55. The third-order valence-electron chi connectivity index (χ3n) is 7.40. The number of amides is 1. The lowest BCUT2D eigenvalue weighted by molar-refractivity contribution is 0.102. The number of imidazole rings is 1. The Labute approximate surface area is 238 Å². The molecule has 0 aliphatic heterocycles. The molecule has 3 aromatic carbocycles. The normalized spacial score (nSPS) is 12.7. The van der Waals surface area contributed by atoms with Crippen molar-refractivity contribution in [3.8, 4) is 11.1 Å². The number of fused-ring (bicyclic) bond motifs is 1. The van der Waals surface area contributed by atoms with Crippen LogP contribution in [-0.2, 0) is 12.6 Å². The van der Waals surface area contributed by atoms with Crippen molar-refractivity contribution in [1.29, 1.82) is 0 Å². The Kier molecular flexibility index (Phi) is 6.65. The van der Waals surface area contributed by atoms with Gasteiger partial charge in [-0.25, -0.2) is 9.97 Å². The number of benzene rings is 3. The molecule has 0 radical (unpaired) electrons. The predicted molar refractivity (Wildman–Crippen MR) is 161 cm³/mol. The highest BCUT2D eigenvalue weighted by Gasteiger charge is 2.37. The summed E-state index contributed by atoms with van der Waals surface area (Å²) in [5.74, 6) is 0.167. The standard InChI is InChI=1S/C34H29N5O2/c1-22-7-9-26(10-8-22)34(41,31-20-36-21-39(31)3)27-11-12-30-29(18-27)28(25-6-4-5-23(2)17-25)19-32(37-30)38-33(40)24-13-15-35-16-14-24/h4-21,41H,1-3H3,(H,37,38,40). The first-order valence-corrected chi connectivity index (χ1v) is 13.3. The molecule has 0 aliphatic carbocycles. The summed E-state index contributed by atoms with van der Waals surface area (Å²) in [6.45, 7) is 4.07. The fraction of sp³-hybridized carbons (Fsp3) is 0.118. The van der Waals surface area contributed by atoms with E-state index < -0.39 is 5.60 Å². The molecule has 0 saturated heterocycles. The number of pyridine rings is 2. The quantitative estimate of drug-likeness (QED) is 0.264. The van der Waals surface area contributed by atoms with E-state index in [2.05, 4.69) is 21.4 Å². The highest BCUT2D eigenvalue weighted by Crippen LogP contribution is 2.40. The first kappa shape index (κ1) is 26.1. The number of nitrogens with one attached hydrogen (secondary N) is 1. The Morgan fingerprint density at radius 2 is 1.61 bits per heavy atom. The maximum atomic E-state index is 13.0. The van der Waals surface area contributed by atoms with Crippen LogP contribution >= 0.6 is 0 Å². The number of anilines is 1. The molecule has 1 amide bonds. The van der Waals surface area contributed by atoms with Crippen LogP contribution < -0.4 is 5.32 Å². The van der Waals surface area contributed by atoms with E-state index in [1.807, 2.05) is 92.2 Å². The molecule has 0 saturated carbocycles. The maximum absolute atomic E-state index is 13.0. The van der Waals surface area contributed by atoms with Crippen LogP contribution in [0.15, 0.2) is 110 Å². The Hall–Kier alpha value is -5.14. The molecule has 2 N–H and O–H groups in total. The summed E-state index contributed by atoms with van der Waals surface area (Å²) in [7, 11) is 1.88. The molecule has 1 atom stereocenters. The molecule has 7 heteroatoms. The minimum absolute atomic E-state index is 0.268. The minimum atomic E-state index is -1.47. The van der Waals surface area contributed by atoms with Crippen LogP contribution in [0.3, 0.4) is 0 Å². The lowest BCUT2D eigenvalue weighted by atomic mass is 9.82. The van der Waals surface area contributed by atoms with Crippen molar-refractivity contribution in [1.82, 2.24) is 19.5 Å². The topological polar surface area (TPSA) is 92.9 Å². The summed E-state index contributed by atoms with van der Waals surface area (Å²) >= 11 is 0. The minimum Gasteiger partial charge on any atom is -0.374 e. The second-order valence-electron chi connectivity index (χ2n) is 10.3. The zero-order chi connectivity index (χ0) is 28.6. The van der Waals surface area contributed by atoms with Crippen LogP contribution in [0.25, 0.3) is 22.0 Å². The highest BCUT2D eigenvalue weighted by atomic mass is 16.3. The number of aliphatic hydroxyl groups is 1. The summed E-state index contributed by atoms with van der Waals surface area (Å²) in [6, 6.07) is 27.0. The molecule has 3 aromatic heterocycles. The summed E-state index contributed by atoms with van der Waals surface area (Å²) in [5.41, 5.74) is 5.86. The van der Waals surface area contributed by atoms with Gasteiger partial charge in [-0.05, 0) is 66.4 Å². The number of aromatic nitrogens is 4. The van der Waals surface area contributed by atoms with Gasteiger partial charge in [0.05, 0.1) is 23.7 Å². The number of aryl methyl sites for hydroxylation is 3. The Bertz CT molecular complexity index is 1880. The Morgan fingerprint density at radius 1 is 0.854 bits per heavy atom. The third-order valence-corrected chi connectivity index (χ3v) is 7.40. The number of hydrogen-bond donors (Lipinski definition) is 2. The van der Waals surface area contributed by atoms with Crippen LogP contribution in [0.2, 0.25) is 0 Å². The molecule has 41 heavy (non-hydrogen) atoms. The molecule has 1 unspecified atom stereocenters. The van der Waals surface area contributed by atoms with Crippen LogP contribution in [0, 0.1) is 13.8 Å². The fourth-order valence-electron chi connectivity index (χ4n) is 5.22. The lowest BCUT2D eigenvalue weighted by Gasteiger charge is -2.30. The molecule has 202 valence electrons. The van der Waals surface area contributed by atoms with Gasteiger partial charge in [0.2, 0.25) is 0 Å². The van der Waals surface area contributed by atoms with Gasteiger partial charge in [-0.1, -0.05) is 65.7 Å². The van der Waals surface area contributed by atoms with Gasteiger partial charge in [0.15, 0.2) is 5.60 Å². The van der Waals surface area contributed by atoms with Crippen molar-refractivity contribution in [3.63, 3.8) is 0 Å². The summed E-state index contributed by atoms with van der Waals surface area (Å²) < 4.78 is 1.83. The molecule has 0 bridgehead atoms. The van der Waals surface area contributed by atoms with E-state index in [0.29, 0.717) is 28.2 Å². The predicted octanol–water partition coefficient (Wildman–Crippen LogP) is 6.18. The van der Waals surface area contributed by atoms with E-state index in [9.17, 15) is 9.90 Å². The molecular formula is C34H29N5O2. The van der Waals surface area contributed by atoms with E-state index >= 15 is 0 Å². The van der Waals surface area contributed by atoms with Gasteiger partial charge in [0.25, 0.3) is 5.91 Å². The van der Waals surface area contributed by atoms with Gasteiger partial charge in [-0.2, -0.15) is 0 Å². The molecule has 0 fully saturated rings. The van der Waals surface area contributed by atoms with Crippen LogP contribution in [-0.4, -0.2) is 30.5 Å². The molecule has 6 aromatic rings. The zero-order valence-electron chi connectivity index (χ0n) is 23.0. The fourth-order valence-corrected chi connectivity index (χ4v) is 5.22. The van der Waals surface area contributed by atoms with Crippen molar-refractivity contribution in [2.24, 2.45) is 7.05 Å². The van der Waals surface area contributed by atoms with Gasteiger partial charge in [-0.3, -0.25) is 9.78 Å². The number of rotatable bonds is 6. The van der Waals surface area contributed by atoms with Gasteiger partial charge in [0, 0.05) is 30.4 Å². The van der Waals surface area contributed by atoms with E-state index in [0.717, 1.165) is 33.2 Å². The van der Waals surface area contributed by atoms with Crippen LogP contribution in [0.5, 0.6) is 0 Å². The number of carbonyl (C=O) groups is 1. The average molecular weight is 540 g/mol. The second-order valence-corrected chi connectivity index (χ2v) is 10.3. The molecule has 3 heterocycles. The summed E-state index contributed by atoms with van der Waals surface area (Å²) in [4.78, 5) is 26.1. The molecular weight excluding hydrogens is 510 g/mol. The van der Waals surface area contributed by atoms with E-state index in [4.69, 9.17) is 4.98 Å². The molecule has 6 rings (SSSR count). The van der Waals surface area contributed by atoms with Gasteiger partial charge in [-0.15, -0.1) is 0 Å². The van der Waals surface area contributed by atoms with Crippen molar-refractivity contribution >= 4 is 22.6 Å². The summed E-state index contributed by atoms with van der Waals surface area (Å²) in [5, 5.41) is 16.3. The van der Waals surface area contributed by atoms with Gasteiger partial charge in [0.1, 0.15) is 5.82 Å².